The normalized spacial score (nSPS) is 26.7. The molecule has 8 heteroatoms. The van der Waals surface area contributed by atoms with E-state index in [1.54, 1.807) is 4.90 Å². The highest BCUT2D eigenvalue weighted by molar-refractivity contribution is 5.94. The number of amides is 1. The lowest BCUT2D eigenvalue weighted by Crippen LogP contribution is -2.38. The monoisotopic (exact) mass is 366 g/mol. The summed E-state index contributed by atoms with van der Waals surface area (Å²) in [6, 6.07) is 2.43. The van der Waals surface area contributed by atoms with Crippen LogP contribution < -0.4 is 5.73 Å². The topological polar surface area (TPSA) is 46.3 Å². The molecule has 1 aliphatic carbocycles. The predicted molar refractivity (Wildman–Crippen MR) is 83.4 cm³/mol. The highest BCUT2D eigenvalue weighted by atomic mass is 35.5. The van der Waals surface area contributed by atoms with Crippen LogP contribution in [0.3, 0.4) is 0 Å². The molecule has 2 fully saturated rings. The van der Waals surface area contributed by atoms with Gasteiger partial charge in [-0.25, -0.2) is 4.39 Å². The number of rotatable bonds is 1. The fourth-order valence-corrected chi connectivity index (χ4v) is 3.74. The lowest BCUT2D eigenvalue weighted by molar-refractivity contribution is -0.140. The zero-order chi connectivity index (χ0) is 16.8. The molecule has 1 heterocycles. The van der Waals surface area contributed by atoms with E-state index in [0.717, 1.165) is 25.3 Å². The second-order valence-electron chi connectivity index (χ2n) is 6.42. The molecule has 24 heavy (non-hydrogen) atoms. The molecule has 1 aromatic rings. The lowest BCUT2D eigenvalue weighted by Gasteiger charge is -2.29. The Kier molecular flexibility index (Phi) is 5.44. The van der Waals surface area contributed by atoms with Crippen molar-refractivity contribution in [3.8, 4) is 0 Å². The summed E-state index contributed by atoms with van der Waals surface area (Å²) in [5, 5.41) is 0. The summed E-state index contributed by atoms with van der Waals surface area (Å²) in [5.41, 5.74) is 4.55. The van der Waals surface area contributed by atoms with Crippen molar-refractivity contribution in [2.24, 2.45) is 17.6 Å². The first-order chi connectivity index (χ1) is 10.8. The van der Waals surface area contributed by atoms with Crippen LogP contribution in [0.1, 0.15) is 35.2 Å². The first-order valence-corrected chi connectivity index (χ1v) is 7.69. The summed E-state index contributed by atoms with van der Waals surface area (Å²) in [4.78, 5) is 14.0. The van der Waals surface area contributed by atoms with Crippen molar-refractivity contribution < 1.29 is 22.4 Å². The fraction of sp³-hybridized carbons (Fsp3) is 0.562. The van der Waals surface area contributed by atoms with E-state index >= 15 is 0 Å². The van der Waals surface area contributed by atoms with Crippen molar-refractivity contribution >= 4 is 18.3 Å². The number of likely N-dealkylation sites (tertiary alicyclic amines) is 1. The molecule has 3 atom stereocenters. The van der Waals surface area contributed by atoms with Gasteiger partial charge < -0.3 is 10.6 Å². The third-order valence-electron chi connectivity index (χ3n) is 4.96. The number of nitrogens with two attached hydrogens (primary N) is 1. The highest BCUT2D eigenvalue weighted by Crippen LogP contribution is 2.37. The quantitative estimate of drug-likeness (QED) is 0.774. The molecule has 3 rings (SSSR count). The average Bonchev–Trinajstić information content (AvgIpc) is 2.91. The first-order valence-electron chi connectivity index (χ1n) is 7.69. The number of hydrogen-bond donors (Lipinski definition) is 1. The van der Waals surface area contributed by atoms with E-state index in [1.807, 2.05) is 0 Å². The SMILES string of the molecule is Cl.NC1CCCC2CN(C(=O)c3ccc(F)c(C(F)(F)F)c3)CC12. The molecule has 1 aliphatic heterocycles. The zero-order valence-electron chi connectivity index (χ0n) is 12.9. The molecule has 134 valence electrons. The summed E-state index contributed by atoms with van der Waals surface area (Å²) in [6.07, 6.45) is -1.90. The van der Waals surface area contributed by atoms with Crippen molar-refractivity contribution in [3.63, 3.8) is 0 Å². The molecule has 3 unspecified atom stereocenters. The smallest absolute Gasteiger partial charge is 0.338 e. The molecule has 0 radical (unpaired) electrons. The van der Waals surface area contributed by atoms with Gasteiger partial charge in [-0.3, -0.25) is 4.79 Å². The van der Waals surface area contributed by atoms with Crippen molar-refractivity contribution in [2.45, 2.75) is 31.5 Å². The first kappa shape index (κ1) is 19.0. The molecule has 0 bridgehead atoms. The van der Waals surface area contributed by atoms with Gasteiger partial charge in [-0.05, 0) is 42.9 Å². The van der Waals surface area contributed by atoms with Crippen LogP contribution in [0.25, 0.3) is 0 Å². The molecule has 1 saturated carbocycles. The van der Waals surface area contributed by atoms with Crippen LogP contribution in [-0.4, -0.2) is 29.9 Å². The number of nitrogens with zero attached hydrogens (tertiary/aromatic N) is 1. The third-order valence-corrected chi connectivity index (χ3v) is 4.96. The Hall–Kier alpha value is -1.34. The van der Waals surface area contributed by atoms with E-state index in [1.165, 1.54) is 0 Å². The number of carbonyl (C=O) groups excluding carboxylic acids is 1. The Balaban J connectivity index is 0.00000208. The summed E-state index contributed by atoms with van der Waals surface area (Å²) in [7, 11) is 0. The van der Waals surface area contributed by atoms with E-state index in [0.29, 0.717) is 31.1 Å². The minimum absolute atomic E-state index is 0. The molecule has 1 amide bonds. The van der Waals surface area contributed by atoms with Crippen LogP contribution in [0.4, 0.5) is 17.6 Å². The number of carbonyl (C=O) groups is 1. The Bertz CT molecular complexity index is 623. The van der Waals surface area contributed by atoms with Gasteiger partial charge in [0.15, 0.2) is 0 Å². The van der Waals surface area contributed by atoms with Crippen molar-refractivity contribution in [1.29, 1.82) is 0 Å². The van der Waals surface area contributed by atoms with E-state index in [2.05, 4.69) is 0 Å². The van der Waals surface area contributed by atoms with Gasteiger partial charge in [0, 0.05) is 24.7 Å². The van der Waals surface area contributed by atoms with Crippen LogP contribution in [0, 0.1) is 17.7 Å². The fourth-order valence-electron chi connectivity index (χ4n) is 3.74. The van der Waals surface area contributed by atoms with Gasteiger partial charge in [-0.2, -0.15) is 13.2 Å². The Morgan fingerprint density at radius 2 is 1.92 bits per heavy atom. The Morgan fingerprint density at radius 1 is 1.21 bits per heavy atom. The molecular formula is C16H19ClF4N2O. The minimum atomic E-state index is -4.82. The number of alkyl halides is 3. The molecule has 1 saturated heterocycles. The number of halogens is 5. The molecule has 0 aromatic heterocycles. The highest BCUT2D eigenvalue weighted by Gasteiger charge is 2.41. The van der Waals surface area contributed by atoms with E-state index in [9.17, 15) is 22.4 Å². The summed E-state index contributed by atoms with van der Waals surface area (Å²) in [6.45, 7) is 0.972. The number of fused-ring (bicyclic) bond motifs is 1. The number of hydrogen-bond acceptors (Lipinski definition) is 2. The maximum atomic E-state index is 13.3. The van der Waals surface area contributed by atoms with Gasteiger partial charge >= 0.3 is 6.18 Å². The van der Waals surface area contributed by atoms with Crippen LogP contribution in [0.15, 0.2) is 18.2 Å². The second kappa shape index (κ2) is 6.88. The van der Waals surface area contributed by atoms with Gasteiger partial charge in [0.05, 0.1) is 5.56 Å². The standard InChI is InChI=1S/C16H18F4N2O.ClH/c17-13-5-4-9(6-12(13)16(18,19)20)15(23)22-7-10-2-1-3-14(21)11(10)8-22;/h4-6,10-11,14H,1-3,7-8,21H2;1H. The molecule has 0 spiro atoms. The average molecular weight is 367 g/mol. The largest absolute Gasteiger partial charge is 0.419 e. The van der Waals surface area contributed by atoms with Crippen LogP contribution in [0.5, 0.6) is 0 Å². The van der Waals surface area contributed by atoms with Crippen molar-refractivity contribution in [1.82, 2.24) is 4.90 Å². The Morgan fingerprint density at radius 3 is 2.54 bits per heavy atom. The summed E-state index contributed by atoms with van der Waals surface area (Å²) >= 11 is 0. The molecule has 3 nitrogen and oxygen atoms in total. The van der Waals surface area contributed by atoms with E-state index in [-0.39, 0.29) is 29.9 Å². The Labute approximate surface area is 143 Å². The second-order valence-corrected chi connectivity index (χ2v) is 6.42. The third kappa shape index (κ3) is 3.52. The summed E-state index contributed by atoms with van der Waals surface area (Å²) < 4.78 is 51.7. The van der Waals surface area contributed by atoms with Crippen LogP contribution in [0.2, 0.25) is 0 Å². The molecule has 2 aliphatic rings. The molecule has 1 aromatic carbocycles. The van der Waals surface area contributed by atoms with Gasteiger partial charge in [0.1, 0.15) is 5.82 Å². The maximum Gasteiger partial charge on any atom is 0.419 e. The zero-order valence-corrected chi connectivity index (χ0v) is 13.7. The van der Waals surface area contributed by atoms with Crippen LogP contribution >= 0.6 is 12.4 Å². The molecule has 2 N–H and O–H groups in total. The van der Waals surface area contributed by atoms with Crippen molar-refractivity contribution in [3.05, 3.63) is 35.1 Å². The lowest BCUT2D eigenvalue weighted by atomic mass is 9.78. The van der Waals surface area contributed by atoms with Gasteiger partial charge in [0.25, 0.3) is 5.91 Å². The maximum absolute atomic E-state index is 13.3. The van der Waals surface area contributed by atoms with Crippen LogP contribution in [-0.2, 0) is 6.18 Å². The van der Waals surface area contributed by atoms with Gasteiger partial charge in [-0.1, -0.05) is 6.42 Å². The van der Waals surface area contributed by atoms with E-state index in [4.69, 9.17) is 5.73 Å². The van der Waals surface area contributed by atoms with E-state index < -0.39 is 23.5 Å². The summed E-state index contributed by atoms with van der Waals surface area (Å²) in [5.74, 6) is -1.34. The van der Waals surface area contributed by atoms with Gasteiger partial charge in [0.2, 0.25) is 0 Å². The number of benzene rings is 1. The molecular weight excluding hydrogens is 348 g/mol. The predicted octanol–water partition coefficient (Wildman–Crippen LogP) is 3.47. The van der Waals surface area contributed by atoms with Crippen molar-refractivity contribution in [2.75, 3.05) is 13.1 Å². The van der Waals surface area contributed by atoms with Gasteiger partial charge in [-0.15, -0.1) is 12.4 Å². The minimum Gasteiger partial charge on any atom is -0.338 e.